The van der Waals surface area contributed by atoms with E-state index in [1.807, 2.05) is 96.1 Å². The fourth-order valence-corrected chi connectivity index (χ4v) is 4.91. The molecule has 1 aliphatic rings. The molecule has 0 aromatic heterocycles. The van der Waals surface area contributed by atoms with Gasteiger partial charge in [-0.2, -0.15) is 0 Å². The number of carboxylic acid groups (broad SMARTS) is 1. The minimum absolute atomic E-state index is 0.155. The van der Waals surface area contributed by atoms with Crippen LogP contribution in [0.15, 0.2) is 54.6 Å². The monoisotopic (exact) mass is 596 g/mol. The Hall–Kier alpha value is -3.79. The molecule has 0 unspecified atom stereocenters. The lowest BCUT2D eigenvalue weighted by Crippen LogP contribution is -2.55. The van der Waals surface area contributed by atoms with Crippen LogP contribution in [-0.2, 0) is 22.5 Å². The zero-order valence-electron chi connectivity index (χ0n) is 26.7. The largest absolute Gasteiger partial charge is 0.488 e. The van der Waals surface area contributed by atoms with Crippen LogP contribution in [0.5, 0.6) is 5.75 Å². The first-order valence-electron chi connectivity index (χ1n) is 14.9. The van der Waals surface area contributed by atoms with Crippen molar-refractivity contribution in [1.29, 1.82) is 0 Å². The zero-order chi connectivity index (χ0) is 31.8. The summed E-state index contributed by atoms with van der Waals surface area (Å²) >= 11 is 0. The molecule has 236 valence electrons. The van der Waals surface area contributed by atoms with Crippen LogP contribution in [0.3, 0.4) is 0 Å². The molecule has 1 aliphatic heterocycles. The van der Waals surface area contributed by atoms with E-state index in [4.69, 9.17) is 9.47 Å². The van der Waals surface area contributed by atoms with E-state index in [-0.39, 0.29) is 30.6 Å². The SMILES string of the molecule is CN(Cc1ccccc1)C(=O)[C@H](Cc1ccc(OC(C)(C)C)cc1)N(CCN1CCN(C(=O)OC(C)(C)C)CC1)C(=O)O. The van der Waals surface area contributed by atoms with Crippen LogP contribution in [0.2, 0.25) is 0 Å². The van der Waals surface area contributed by atoms with Crippen LogP contribution in [0.25, 0.3) is 0 Å². The van der Waals surface area contributed by atoms with Gasteiger partial charge < -0.3 is 24.4 Å². The maximum absolute atomic E-state index is 13.9. The average Bonchev–Trinajstić information content (AvgIpc) is 2.92. The van der Waals surface area contributed by atoms with Crippen LogP contribution in [-0.4, -0.2) is 106 Å². The van der Waals surface area contributed by atoms with E-state index in [0.717, 1.165) is 11.1 Å². The number of carbonyl (C=O) groups excluding carboxylic acids is 2. The zero-order valence-corrected chi connectivity index (χ0v) is 26.7. The summed E-state index contributed by atoms with van der Waals surface area (Å²) in [6.07, 6.45) is -1.26. The van der Waals surface area contributed by atoms with Gasteiger partial charge in [-0.05, 0) is 64.8 Å². The van der Waals surface area contributed by atoms with Gasteiger partial charge in [-0.1, -0.05) is 42.5 Å². The molecule has 2 aromatic rings. The quantitative estimate of drug-likeness (QED) is 0.413. The van der Waals surface area contributed by atoms with Gasteiger partial charge in [-0.25, -0.2) is 9.59 Å². The van der Waals surface area contributed by atoms with E-state index in [9.17, 15) is 19.5 Å². The number of piperazine rings is 1. The molecule has 10 nitrogen and oxygen atoms in total. The highest BCUT2D eigenvalue weighted by Crippen LogP contribution is 2.21. The lowest BCUT2D eigenvalue weighted by molar-refractivity contribution is -0.135. The highest BCUT2D eigenvalue weighted by atomic mass is 16.6. The third-order valence-electron chi connectivity index (χ3n) is 7.00. The van der Waals surface area contributed by atoms with Crippen molar-refractivity contribution in [2.75, 3.05) is 46.3 Å². The van der Waals surface area contributed by atoms with Gasteiger partial charge >= 0.3 is 12.2 Å². The molecular weight excluding hydrogens is 548 g/mol. The second kappa shape index (κ2) is 14.6. The lowest BCUT2D eigenvalue weighted by atomic mass is 10.0. The third-order valence-corrected chi connectivity index (χ3v) is 7.00. The summed E-state index contributed by atoms with van der Waals surface area (Å²) in [5.74, 6) is 0.442. The standard InChI is InChI=1S/C33H48N4O6/c1-32(2,3)42-27-15-13-25(14-16-27)23-28(29(38)34(7)24-26-11-9-8-10-12-26)37(30(39)40)22-19-35-17-20-36(21-18-35)31(41)43-33(4,5)6/h8-16,28H,17-24H2,1-7H3,(H,39,40)/t28-/m0/s1. The summed E-state index contributed by atoms with van der Waals surface area (Å²) in [6, 6.07) is 16.2. The Kier molecular flexibility index (Phi) is 11.4. The molecule has 0 aliphatic carbocycles. The number of hydrogen-bond donors (Lipinski definition) is 1. The highest BCUT2D eigenvalue weighted by Gasteiger charge is 2.33. The summed E-state index contributed by atoms with van der Waals surface area (Å²) < 4.78 is 11.4. The number of ether oxygens (including phenoxy) is 2. The summed E-state index contributed by atoms with van der Waals surface area (Å²) in [4.78, 5) is 45.6. The van der Waals surface area contributed by atoms with Crippen molar-refractivity contribution in [2.45, 2.75) is 71.8 Å². The second-order valence-corrected chi connectivity index (χ2v) is 13.0. The Labute approximate surface area is 256 Å². The summed E-state index contributed by atoms with van der Waals surface area (Å²) in [5, 5.41) is 10.3. The van der Waals surface area contributed by atoms with Crippen molar-refractivity contribution < 1.29 is 29.0 Å². The van der Waals surface area contributed by atoms with Gasteiger partial charge in [0, 0.05) is 59.3 Å². The fraction of sp³-hybridized carbons (Fsp3) is 0.545. The van der Waals surface area contributed by atoms with E-state index in [0.29, 0.717) is 45.0 Å². The van der Waals surface area contributed by atoms with Gasteiger partial charge in [-0.3, -0.25) is 14.6 Å². The number of likely N-dealkylation sites (N-methyl/N-ethyl adjacent to an activating group) is 1. The number of amides is 3. The molecule has 1 atom stereocenters. The van der Waals surface area contributed by atoms with Crippen LogP contribution in [0.1, 0.15) is 52.7 Å². The molecule has 10 heteroatoms. The maximum atomic E-state index is 13.9. The Morgan fingerprint density at radius 2 is 1.47 bits per heavy atom. The minimum Gasteiger partial charge on any atom is -0.488 e. The van der Waals surface area contributed by atoms with Gasteiger partial charge in [-0.15, -0.1) is 0 Å². The van der Waals surface area contributed by atoms with E-state index >= 15 is 0 Å². The molecule has 1 saturated heterocycles. The number of hydrogen-bond acceptors (Lipinski definition) is 6. The normalized spacial score (nSPS) is 15.0. The van der Waals surface area contributed by atoms with Gasteiger partial charge in [0.05, 0.1) is 0 Å². The Bertz CT molecular complexity index is 1200. The molecule has 3 rings (SSSR count). The van der Waals surface area contributed by atoms with E-state index < -0.39 is 17.7 Å². The maximum Gasteiger partial charge on any atom is 0.410 e. The van der Waals surface area contributed by atoms with Gasteiger partial charge in [0.15, 0.2) is 0 Å². The Morgan fingerprint density at radius 3 is 2.00 bits per heavy atom. The van der Waals surface area contributed by atoms with Crippen molar-refractivity contribution in [1.82, 2.24) is 19.6 Å². The van der Waals surface area contributed by atoms with Crippen molar-refractivity contribution in [3.8, 4) is 5.75 Å². The third kappa shape index (κ3) is 11.1. The van der Waals surface area contributed by atoms with Gasteiger partial charge in [0.2, 0.25) is 5.91 Å². The van der Waals surface area contributed by atoms with Crippen LogP contribution >= 0.6 is 0 Å². The Balaban J connectivity index is 1.73. The van der Waals surface area contributed by atoms with Gasteiger partial charge in [0.1, 0.15) is 23.0 Å². The highest BCUT2D eigenvalue weighted by molar-refractivity contribution is 5.85. The predicted octanol–water partition coefficient (Wildman–Crippen LogP) is 4.97. The second-order valence-electron chi connectivity index (χ2n) is 13.0. The van der Waals surface area contributed by atoms with Crippen molar-refractivity contribution in [3.05, 3.63) is 65.7 Å². The molecule has 0 radical (unpaired) electrons. The topological polar surface area (TPSA) is 103 Å². The van der Waals surface area contributed by atoms with E-state index in [2.05, 4.69) is 4.90 Å². The first kappa shape index (κ1) is 33.7. The van der Waals surface area contributed by atoms with Crippen molar-refractivity contribution in [2.24, 2.45) is 0 Å². The number of benzene rings is 2. The van der Waals surface area contributed by atoms with Crippen molar-refractivity contribution >= 4 is 18.1 Å². The van der Waals surface area contributed by atoms with Crippen LogP contribution in [0.4, 0.5) is 9.59 Å². The predicted molar refractivity (Wildman–Crippen MR) is 166 cm³/mol. The van der Waals surface area contributed by atoms with Crippen molar-refractivity contribution in [3.63, 3.8) is 0 Å². The minimum atomic E-state index is -1.15. The molecule has 43 heavy (non-hydrogen) atoms. The number of nitrogens with zero attached hydrogens (tertiary/aromatic N) is 4. The fourth-order valence-electron chi connectivity index (χ4n) is 4.91. The Morgan fingerprint density at radius 1 is 0.860 bits per heavy atom. The summed E-state index contributed by atoms with van der Waals surface area (Å²) in [5.41, 5.74) is 0.889. The molecular formula is C33H48N4O6. The molecule has 3 amide bonds. The molecule has 0 saturated carbocycles. The van der Waals surface area contributed by atoms with E-state index in [1.54, 1.807) is 16.8 Å². The first-order chi connectivity index (χ1) is 20.1. The molecule has 0 bridgehead atoms. The molecule has 1 N–H and O–H groups in total. The number of rotatable bonds is 10. The van der Waals surface area contributed by atoms with Crippen LogP contribution < -0.4 is 4.74 Å². The van der Waals surface area contributed by atoms with E-state index in [1.165, 1.54) is 4.90 Å². The van der Waals surface area contributed by atoms with Gasteiger partial charge in [0.25, 0.3) is 0 Å². The molecule has 1 heterocycles. The summed E-state index contributed by atoms with van der Waals surface area (Å²) in [7, 11) is 1.71. The number of carbonyl (C=O) groups is 3. The first-order valence-corrected chi connectivity index (χ1v) is 14.9. The molecule has 1 fully saturated rings. The molecule has 0 spiro atoms. The smallest absolute Gasteiger partial charge is 0.410 e. The average molecular weight is 597 g/mol. The molecule has 2 aromatic carbocycles. The van der Waals surface area contributed by atoms with Crippen LogP contribution in [0, 0.1) is 0 Å². The lowest BCUT2D eigenvalue weighted by Gasteiger charge is -2.37. The summed E-state index contributed by atoms with van der Waals surface area (Å²) in [6.45, 7) is 14.6.